The van der Waals surface area contributed by atoms with Gasteiger partial charge in [-0.3, -0.25) is 10.1 Å². The molecule has 0 radical (unpaired) electrons. The maximum Gasteiger partial charge on any atom is 0.269 e. The smallest absolute Gasteiger partial charge is 0.269 e. The van der Waals surface area contributed by atoms with E-state index in [1.165, 1.54) is 12.1 Å². The third kappa shape index (κ3) is 5.39. The van der Waals surface area contributed by atoms with E-state index in [1.54, 1.807) is 12.1 Å². The van der Waals surface area contributed by atoms with Crippen molar-refractivity contribution in [1.82, 2.24) is 0 Å². The number of rotatable bonds is 4. The summed E-state index contributed by atoms with van der Waals surface area (Å²) in [6.45, 7) is 0. The van der Waals surface area contributed by atoms with Crippen LogP contribution in [0.25, 0.3) is 0 Å². The number of hydrogen-bond donors (Lipinski definition) is 2. The number of non-ortho nitro benzene ring substituents is 1. The predicted molar refractivity (Wildman–Crippen MR) is 63.4 cm³/mol. The number of thiol groups is 1. The molecule has 84 valence electrons. The standard InChI is InChI=1S/C9H11NO2S.CH4O/c11-10(12)9-5-3-8(4-6-9)2-1-7-13;1-2/h3-6,13H,1-2,7H2;2H,1H3. The van der Waals surface area contributed by atoms with E-state index in [0.29, 0.717) is 0 Å². The molecule has 0 aliphatic carbocycles. The molecule has 1 N–H and O–H groups in total. The summed E-state index contributed by atoms with van der Waals surface area (Å²) < 4.78 is 0. The van der Waals surface area contributed by atoms with E-state index < -0.39 is 0 Å². The Bertz CT molecular complexity index is 287. The van der Waals surface area contributed by atoms with Crippen LogP contribution in [0.3, 0.4) is 0 Å². The first-order chi connectivity index (χ1) is 7.24. The number of nitro benzene ring substituents is 1. The van der Waals surface area contributed by atoms with Gasteiger partial charge in [0.05, 0.1) is 4.92 Å². The lowest BCUT2D eigenvalue weighted by molar-refractivity contribution is -0.384. The van der Waals surface area contributed by atoms with Gasteiger partial charge in [-0.1, -0.05) is 12.1 Å². The number of aryl methyl sites for hydroxylation is 1. The molecule has 15 heavy (non-hydrogen) atoms. The molecule has 1 aromatic carbocycles. The van der Waals surface area contributed by atoms with Gasteiger partial charge in [0.2, 0.25) is 0 Å². The largest absolute Gasteiger partial charge is 0.400 e. The van der Waals surface area contributed by atoms with Gasteiger partial charge in [0.15, 0.2) is 0 Å². The zero-order valence-electron chi connectivity index (χ0n) is 8.59. The van der Waals surface area contributed by atoms with Crippen LogP contribution >= 0.6 is 12.6 Å². The topological polar surface area (TPSA) is 63.4 Å². The van der Waals surface area contributed by atoms with Crippen LogP contribution < -0.4 is 0 Å². The van der Waals surface area contributed by atoms with Gasteiger partial charge in [-0.15, -0.1) is 0 Å². The minimum absolute atomic E-state index is 0.148. The molecule has 0 fully saturated rings. The molecule has 0 saturated heterocycles. The van der Waals surface area contributed by atoms with Crippen molar-refractivity contribution in [2.45, 2.75) is 12.8 Å². The molecule has 0 aliphatic rings. The number of nitro groups is 1. The molecule has 0 atom stereocenters. The van der Waals surface area contributed by atoms with E-state index in [-0.39, 0.29) is 10.6 Å². The van der Waals surface area contributed by atoms with Gasteiger partial charge < -0.3 is 5.11 Å². The summed E-state index contributed by atoms with van der Waals surface area (Å²) in [5.41, 5.74) is 1.27. The highest BCUT2D eigenvalue weighted by Crippen LogP contribution is 2.12. The SMILES string of the molecule is CO.O=[N+]([O-])c1ccc(CCCS)cc1. The highest BCUT2D eigenvalue weighted by molar-refractivity contribution is 7.80. The molecule has 0 bridgehead atoms. The molecule has 1 rings (SSSR count). The van der Waals surface area contributed by atoms with Crippen molar-refractivity contribution < 1.29 is 10.0 Å². The zero-order valence-corrected chi connectivity index (χ0v) is 9.48. The molecular formula is C10H15NO3S. The molecule has 0 saturated carbocycles. The van der Waals surface area contributed by atoms with Crippen molar-refractivity contribution in [2.24, 2.45) is 0 Å². The Labute approximate surface area is 94.5 Å². The quantitative estimate of drug-likeness (QED) is 0.472. The van der Waals surface area contributed by atoms with Crippen LogP contribution in [0.1, 0.15) is 12.0 Å². The van der Waals surface area contributed by atoms with Crippen LogP contribution in [0.2, 0.25) is 0 Å². The fourth-order valence-electron chi connectivity index (χ4n) is 1.07. The molecule has 0 aromatic heterocycles. The average molecular weight is 229 g/mol. The minimum Gasteiger partial charge on any atom is -0.400 e. The maximum atomic E-state index is 10.3. The Balaban J connectivity index is 0.000000921. The van der Waals surface area contributed by atoms with Crippen LogP contribution in [0.15, 0.2) is 24.3 Å². The van der Waals surface area contributed by atoms with E-state index in [2.05, 4.69) is 12.6 Å². The molecule has 0 aliphatic heterocycles. The van der Waals surface area contributed by atoms with Crippen molar-refractivity contribution in [3.63, 3.8) is 0 Å². The second-order valence-electron chi connectivity index (χ2n) is 2.75. The van der Waals surface area contributed by atoms with Crippen LogP contribution in [-0.4, -0.2) is 22.9 Å². The van der Waals surface area contributed by atoms with Gasteiger partial charge in [-0.05, 0) is 24.2 Å². The first-order valence-corrected chi connectivity index (χ1v) is 5.16. The normalized spacial score (nSPS) is 9.00. The summed E-state index contributed by atoms with van der Waals surface area (Å²) in [5.74, 6) is 0.844. The van der Waals surface area contributed by atoms with E-state index >= 15 is 0 Å². The summed E-state index contributed by atoms with van der Waals surface area (Å²) in [6, 6.07) is 6.66. The average Bonchev–Trinajstić information content (AvgIpc) is 2.29. The molecule has 0 spiro atoms. The van der Waals surface area contributed by atoms with Crippen molar-refractivity contribution >= 4 is 18.3 Å². The number of aliphatic hydroxyl groups excluding tert-OH is 1. The van der Waals surface area contributed by atoms with Gasteiger partial charge in [0.1, 0.15) is 0 Å². The lowest BCUT2D eigenvalue weighted by Gasteiger charge is -1.97. The van der Waals surface area contributed by atoms with Crippen molar-refractivity contribution in [3.8, 4) is 0 Å². The highest BCUT2D eigenvalue weighted by atomic mass is 32.1. The number of nitrogens with zero attached hydrogens (tertiary/aromatic N) is 1. The first-order valence-electron chi connectivity index (χ1n) is 4.53. The summed E-state index contributed by atoms with van der Waals surface area (Å²) >= 11 is 4.10. The number of benzene rings is 1. The van der Waals surface area contributed by atoms with Gasteiger partial charge in [0, 0.05) is 19.2 Å². The fraction of sp³-hybridized carbons (Fsp3) is 0.400. The van der Waals surface area contributed by atoms with Crippen molar-refractivity contribution in [2.75, 3.05) is 12.9 Å². The van der Waals surface area contributed by atoms with Gasteiger partial charge >= 0.3 is 0 Å². The van der Waals surface area contributed by atoms with Gasteiger partial charge in [-0.2, -0.15) is 12.6 Å². The van der Waals surface area contributed by atoms with Crippen molar-refractivity contribution in [3.05, 3.63) is 39.9 Å². The minimum atomic E-state index is -0.387. The molecule has 1 aromatic rings. The Kier molecular flexibility index (Phi) is 7.67. The lowest BCUT2D eigenvalue weighted by atomic mass is 10.1. The lowest BCUT2D eigenvalue weighted by Crippen LogP contribution is -1.89. The van der Waals surface area contributed by atoms with Crippen molar-refractivity contribution in [1.29, 1.82) is 0 Å². The van der Waals surface area contributed by atoms with Crippen LogP contribution in [-0.2, 0) is 6.42 Å². The molecule has 0 unspecified atom stereocenters. The summed E-state index contributed by atoms with van der Waals surface area (Å²) in [5, 5.41) is 17.3. The monoisotopic (exact) mass is 229 g/mol. The third-order valence-electron chi connectivity index (χ3n) is 1.77. The van der Waals surface area contributed by atoms with E-state index in [1.807, 2.05) is 0 Å². The fourth-order valence-corrected chi connectivity index (χ4v) is 1.23. The zero-order chi connectivity index (χ0) is 11.7. The van der Waals surface area contributed by atoms with Crippen LogP contribution in [0, 0.1) is 10.1 Å². The van der Waals surface area contributed by atoms with Crippen LogP contribution in [0.5, 0.6) is 0 Å². The highest BCUT2D eigenvalue weighted by Gasteiger charge is 2.02. The second-order valence-corrected chi connectivity index (χ2v) is 3.20. The van der Waals surface area contributed by atoms with Crippen LogP contribution in [0.4, 0.5) is 5.69 Å². The Morgan fingerprint density at radius 1 is 1.33 bits per heavy atom. The number of aliphatic hydroxyl groups is 1. The summed E-state index contributed by atoms with van der Waals surface area (Å²) in [7, 11) is 1.00. The summed E-state index contributed by atoms with van der Waals surface area (Å²) in [6.07, 6.45) is 1.93. The van der Waals surface area contributed by atoms with Gasteiger partial charge in [0.25, 0.3) is 5.69 Å². The van der Waals surface area contributed by atoms with Gasteiger partial charge in [-0.25, -0.2) is 0 Å². The molecule has 5 heteroatoms. The predicted octanol–water partition coefficient (Wildman–Crippen LogP) is 2.07. The molecule has 0 amide bonds. The molecule has 4 nitrogen and oxygen atoms in total. The molecule has 0 heterocycles. The Hall–Kier alpha value is -1.07. The summed E-state index contributed by atoms with van der Waals surface area (Å²) in [4.78, 5) is 9.93. The second kappa shape index (κ2) is 8.26. The van der Waals surface area contributed by atoms with E-state index in [0.717, 1.165) is 31.3 Å². The van der Waals surface area contributed by atoms with E-state index in [4.69, 9.17) is 5.11 Å². The maximum absolute atomic E-state index is 10.3. The Morgan fingerprint density at radius 2 is 1.87 bits per heavy atom. The Morgan fingerprint density at radius 3 is 2.27 bits per heavy atom. The third-order valence-corrected chi connectivity index (χ3v) is 2.09. The molecular weight excluding hydrogens is 214 g/mol. The van der Waals surface area contributed by atoms with E-state index in [9.17, 15) is 10.1 Å². The first kappa shape index (κ1) is 13.9. The number of hydrogen-bond acceptors (Lipinski definition) is 4.